The van der Waals surface area contributed by atoms with Crippen LogP contribution in [0.25, 0.3) is 0 Å². The lowest BCUT2D eigenvalue weighted by molar-refractivity contribution is -0.0945. The van der Waals surface area contributed by atoms with Gasteiger partial charge in [-0.3, -0.25) is 4.99 Å². The molecule has 1 atom stereocenters. The van der Waals surface area contributed by atoms with Crippen molar-refractivity contribution in [1.29, 1.82) is 0 Å². The van der Waals surface area contributed by atoms with Crippen LogP contribution in [-0.4, -0.2) is 39.4 Å². The SMILES string of the molecule is CCNC(=NCC1(C)COC1)NC(C)c1cc(C)ccc1OC. The molecule has 1 saturated heterocycles. The summed E-state index contributed by atoms with van der Waals surface area (Å²) in [5, 5.41) is 6.79. The second-order valence-electron chi connectivity index (χ2n) is 6.61. The fourth-order valence-electron chi connectivity index (χ4n) is 2.61. The molecule has 1 aromatic carbocycles. The van der Waals surface area contributed by atoms with Crippen LogP contribution in [0.1, 0.15) is 37.9 Å². The molecule has 1 aromatic rings. The van der Waals surface area contributed by atoms with Gasteiger partial charge in [0.25, 0.3) is 0 Å². The minimum absolute atomic E-state index is 0.105. The zero-order valence-corrected chi connectivity index (χ0v) is 14.9. The number of ether oxygens (including phenoxy) is 2. The highest BCUT2D eigenvalue weighted by Gasteiger charge is 2.33. The smallest absolute Gasteiger partial charge is 0.191 e. The molecule has 23 heavy (non-hydrogen) atoms. The summed E-state index contributed by atoms with van der Waals surface area (Å²) in [5.41, 5.74) is 2.53. The highest BCUT2D eigenvalue weighted by atomic mass is 16.5. The van der Waals surface area contributed by atoms with E-state index in [4.69, 9.17) is 14.5 Å². The summed E-state index contributed by atoms with van der Waals surface area (Å²) in [5.74, 6) is 1.72. The Hall–Kier alpha value is -1.75. The van der Waals surface area contributed by atoms with Crippen molar-refractivity contribution in [2.45, 2.75) is 33.7 Å². The number of benzene rings is 1. The van der Waals surface area contributed by atoms with Crippen LogP contribution in [0.4, 0.5) is 0 Å². The first-order chi connectivity index (χ1) is 11.0. The molecule has 0 amide bonds. The Kier molecular flexibility index (Phi) is 5.88. The Balaban J connectivity index is 2.09. The van der Waals surface area contributed by atoms with E-state index >= 15 is 0 Å². The molecule has 0 aromatic heterocycles. The molecule has 5 nitrogen and oxygen atoms in total. The number of nitrogens with zero attached hydrogens (tertiary/aromatic N) is 1. The molecule has 1 fully saturated rings. The molecule has 0 saturated carbocycles. The van der Waals surface area contributed by atoms with Crippen LogP contribution in [0.3, 0.4) is 0 Å². The van der Waals surface area contributed by atoms with Gasteiger partial charge < -0.3 is 20.1 Å². The maximum atomic E-state index is 5.49. The number of rotatable bonds is 6. The van der Waals surface area contributed by atoms with Crippen molar-refractivity contribution < 1.29 is 9.47 Å². The van der Waals surface area contributed by atoms with Gasteiger partial charge in [0.2, 0.25) is 0 Å². The molecule has 128 valence electrons. The Labute approximate surface area is 139 Å². The number of hydrogen-bond donors (Lipinski definition) is 2. The first-order valence-electron chi connectivity index (χ1n) is 8.24. The normalized spacial score (nSPS) is 18.0. The fraction of sp³-hybridized carbons (Fsp3) is 0.611. The molecule has 0 spiro atoms. The second-order valence-corrected chi connectivity index (χ2v) is 6.61. The molecule has 2 rings (SSSR count). The minimum atomic E-state index is 0.105. The highest BCUT2D eigenvalue weighted by molar-refractivity contribution is 5.80. The third-order valence-electron chi connectivity index (χ3n) is 4.07. The maximum absolute atomic E-state index is 5.49. The van der Waals surface area contributed by atoms with Gasteiger partial charge in [-0.2, -0.15) is 0 Å². The van der Waals surface area contributed by atoms with E-state index in [2.05, 4.69) is 50.5 Å². The lowest BCUT2D eigenvalue weighted by Gasteiger charge is -2.36. The van der Waals surface area contributed by atoms with Gasteiger partial charge in [0.05, 0.1) is 32.9 Å². The molecular formula is C18H29N3O2. The van der Waals surface area contributed by atoms with E-state index in [1.807, 2.05) is 6.07 Å². The molecule has 0 radical (unpaired) electrons. The molecule has 1 aliphatic rings. The first kappa shape index (κ1) is 17.6. The second kappa shape index (κ2) is 7.68. The summed E-state index contributed by atoms with van der Waals surface area (Å²) in [6.45, 7) is 11.7. The summed E-state index contributed by atoms with van der Waals surface area (Å²) in [6.07, 6.45) is 0. The van der Waals surface area contributed by atoms with Crippen LogP contribution in [0.15, 0.2) is 23.2 Å². The van der Waals surface area contributed by atoms with Gasteiger partial charge in [0.1, 0.15) is 5.75 Å². The molecule has 5 heteroatoms. The van der Waals surface area contributed by atoms with Gasteiger partial charge >= 0.3 is 0 Å². The third-order valence-corrected chi connectivity index (χ3v) is 4.07. The zero-order valence-electron chi connectivity index (χ0n) is 14.9. The molecule has 0 aliphatic carbocycles. The maximum Gasteiger partial charge on any atom is 0.191 e. The Morgan fingerprint density at radius 1 is 1.43 bits per heavy atom. The van der Waals surface area contributed by atoms with E-state index in [0.29, 0.717) is 0 Å². The molecule has 1 unspecified atom stereocenters. The van der Waals surface area contributed by atoms with E-state index in [1.54, 1.807) is 7.11 Å². The average molecular weight is 319 g/mol. The lowest BCUT2D eigenvalue weighted by atomic mass is 9.89. The average Bonchev–Trinajstić information content (AvgIpc) is 2.50. The fourth-order valence-corrected chi connectivity index (χ4v) is 2.61. The number of aliphatic imine (C=N–C) groups is 1. The Morgan fingerprint density at radius 3 is 2.74 bits per heavy atom. The van der Waals surface area contributed by atoms with Crippen LogP contribution >= 0.6 is 0 Å². The van der Waals surface area contributed by atoms with Crippen LogP contribution in [0.5, 0.6) is 5.75 Å². The molecular weight excluding hydrogens is 290 g/mol. The van der Waals surface area contributed by atoms with Crippen molar-refractivity contribution in [3.8, 4) is 5.75 Å². The van der Waals surface area contributed by atoms with Gasteiger partial charge in [-0.25, -0.2) is 0 Å². The van der Waals surface area contributed by atoms with E-state index in [9.17, 15) is 0 Å². The highest BCUT2D eigenvalue weighted by Crippen LogP contribution is 2.27. The number of guanidine groups is 1. The van der Waals surface area contributed by atoms with E-state index in [-0.39, 0.29) is 11.5 Å². The van der Waals surface area contributed by atoms with Gasteiger partial charge in [-0.15, -0.1) is 0 Å². The Bertz CT molecular complexity index is 553. The number of methoxy groups -OCH3 is 1. The van der Waals surface area contributed by atoms with Crippen molar-refractivity contribution in [3.05, 3.63) is 29.3 Å². The molecule has 1 aliphatic heterocycles. The summed E-state index contributed by atoms with van der Waals surface area (Å²) in [6, 6.07) is 6.33. The Morgan fingerprint density at radius 2 is 2.17 bits per heavy atom. The van der Waals surface area contributed by atoms with Crippen molar-refractivity contribution in [3.63, 3.8) is 0 Å². The largest absolute Gasteiger partial charge is 0.496 e. The predicted molar refractivity (Wildman–Crippen MR) is 94.2 cm³/mol. The molecule has 0 bridgehead atoms. The monoisotopic (exact) mass is 319 g/mol. The lowest BCUT2D eigenvalue weighted by Crippen LogP contribution is -2.44. The standard InChI is InChI=1S/C18H29N3O2/c1-6-19-17(20-10-18(4)11-23-12-18)21-14(3)15-9-13(2)7-8-16(15)22-5/h7-9,14H,6,10-12H2,1-5H3,(H2,19,20,21). The molecule has 1 heterocycles. The van der Waals surface area contributed by atoms with Crippen LogP contribution in [0.2, 0.25) is 0 Å². The number of hydrogen-bond acceptors (Lipinski definition) is 3. The van der Waals surface area contributed by atoms with Gasteiger partial charge in [0.15, 0.2) is 5.96 Å². The van der Waals surface area contributed by atoms with Crippen molar-refractivity contribution in [1.82, 2.24) is 10.6 Å². The minimum Gasteiger partial charge on any atom is -0.496 e. The first-order valence-corrected chi connectivity index (χ1v) is 8.24. The third kappa shape index (κ3) is 4.61. The summed E-state index contributed by atoms with van der Waals surface area (Å²) in [7, 11) is 1.71. The van der Waals surface area contributed by atoms with Crippen molar-refractivity contribution in [2.75, 3.05) is 33.4 Å². The van der Waals surface area contributed by atoms with Gasteiger partial charge in [-0.1, -0.05) is 24.6 Å². The molecule has 2 N–H and O–H groups in total. The summed E-state index contributed by atoms with van der Waals surface area (Å²) in [4.78, 5) is 4.72. The van der Waals surface area contributed by atoms with Crippen LogP contribution < -0.4 is 15.4 Å². The van der Waals surface area contributed by atoms with Gasteiger partial charge in [-0.05, 0) is 26.8 Å². The van der Waals surface area contributed by atoms with Crippen molar-refractivity contribution in [2.24, 2.45) is 10.4 Å². The number of nitrogens with one attached hydrogen (secondary N) is 2. The van der Waals surface area contributed by atoms with Crippen LogP contribution in [0, 0.1) is 12.3 Å². The summed E-state index contributed by atoms with van der Waals surface area (Å²) < 4.78 is 10.8. The summed E-state index contributed by atoms with van der Waals surface area (Å²) >= 11 is 0. The van der Waals surface area contributed by atoms with E-state index < -0.39 is 0 Å². The predicted octanol–water partition coefficient (Wildman–Crippen LogP) is 2.66. The topological polar surface area (TPSA) is 54.9 Å². The number of aryl methyl sites for hydroxylation is 1. The van der Waals surface area contributed by atoms with Gasteiger partial charge in [0, 0.05) is 17.5 Å². The van der Waals surface area contributed by atoms with E-state index in [1.165, 1.54) is 5.56 Å². The quantitative estimate of drug-likeness (QED) is 0.625. The van der Waals surface area contributed by atoms with E-state index in [0.717, 1.165) is 43.6 Å². The van der Waals surface area contributed by atoms with Crippen LogP contribution in [-0.2, 0) is 4.74 Å². The van der Waals surface area contributed by atoms with Crippen molar-refractivity contribution >= 4 is 5.96 Å². The zero-order chi connectivity index (χ0) is 16.9.